The van der Waals surface area contributed by atoms with Gasteiger partial charge in [-0.05, 0) is 49.2 Å². The molecule has 5 heteroatoms. The van der Waals surface area contributed by atoms with Crippen LogP contribution in [0.2, 0.25) is 0 Å². The average Bonchev–Trinajstić information content (AvgIpc) is 2.55. The van der Waals surface area contributed by atoms with E-state index in [0.717, 1.165) is 12.0 Å². The predicted octanol–water partition coefficient (Wildman–Crippen LogP) is 2.75. The first kappa shape index (κ1) is 16.5. The highest BCUT2D eigenvalue weighted by Crippen LogP contribution is 2.20. The van der Waals surface area contributed by atoms with Gasteiger partial charge in [0.15, 0.2) is 6.10 Å². The van der Waals surface area contributed by atoms with Crippen molar-refractivity contribution in [1.82, 2.24) is 0 Å². The van der Waals surface area contributed by atoms with Crippen molar-refractivity contribution in [3.8, 4) is 5.75 Å². The Hall–Kier alpha value is -2.82. The Morgan fingerprint density at radius 3 is 2.39 bits per heavy atom. The van der Waals surface area contributed by atoms with E-state index in [1.165, 1.54) is 0 Å². The van der Waals surface area contributed by atoms with Crippen LogP contribution in [0, 0.1) is 0 Å². The van der Waals surface area contributed by atoms with Crippen molar-refractivity contribution >= 4 is 17.5 Å². The topological polar surface area (TPSA) is 81.4 Å². The molecule has 2 aromatic rings. The molecule has 0 unspecified atom stereocenters. The van der Waals surface area contributed by atoms with Crippen LogP contribution in [0.3, 0.4) is 0 Å². The highest BCUT2D eigenvalue weighted by molar-refractivity contribution is 5.96. The Bertz CT molecular complexity index is 696. The molecular weight excluding hydrogens is 292 g/mol. The Morgan fingerprint density at radius 2 is 1.78 bits per heavy atom. The van der Waals surface area contributed by atoms with Crippen LogP contribution >= 0.6 is 0 Å². The highest BCUT2D eigenvalue weighted by Gasteiger charge is 2.16. The van der Waals surface area contributed by atoms with Gasteiger partial charge in [-0.2, -0.15) is 0 Å². The smallest absolute Gasteiger partial charge is 0.265 e. The fourth-order valence-corrected chi connectivity index (χ4v) is 2.12. The summed E-state index contributed by atoms with van der Waals surface area (Å²) in [6.07, 6.45) is 0.192. The number of carbonyl (C=O) groups excluding carboxylic acids is 2. The lowest BCUT2D eigenvalue weighted by Gasteiger charge is -2.17. The molecule has 0 fully saturated rings. The lowest BCUT2D eigenvalue weighted by Crippen LogP contribution is -2.30. The van der Waals surface area contributed by atoms with Gasteiger partial charge < -0.3 is 15.8 Å². The number of anilines is 1. The zero-order valence-electron chi connectivity index (χ0n) is 13.2. The van der Waals surface area contributed by atoms with Gasteiger partial charge in [0.2, 0.25) is 5.91 Å². The summed E-state index contributed by atoms with van der Waals surface area (Å²) >= 11 is 0. The lowest BCUT2D eigenvalue weighted by atomic mass is 10.1. The van der Waals surface area contributed by atoms with Gasteiger partial charge in [0.05, 0.1) is 0 Å². The monoisotopic (exact) mass is 312 g/mol. The number of nitrogens with one attached hydrogen (secondary N) is 1. The van der Waals surface area contributed by atoms with Crippen LogP contribution in [0.5, 0.6) is 5.75 Å². The van der Waals surface area contributed by atoms with Crippen LogP contribution in [0.25, 0.3) is 0 Å². The fraction of sp³-hybridized carbons (Fsp3) is 0.222. The molecule has 0 aromatic heterocycles. The second-order valence-corrected chi connectivity index (χ2v) is 5.15. The summed E-state index contributed by atoms with van der Waals surface area (Å²) in [7, 11) is 0. The van der Waals surface area contributed by atoms with Gasteiger partial charge in [0, 0.05) is 11.3 Å². The normalized spacial score (nSPS) is 11.6. The molecule has 0 radical (unpaired) electrons. The van der Waals surface area contributed by atoms with Crippen LogP contribution in [-0.2, 0) is 11.2 Å². The first-order chi connectivity index (χ1) is 11.0. The number of benzene rings is 2. The van der Waals surface area contributed by atoms with Crippen molar-refractivity contribution in [3.05, 3.63) is 59.7 Å². The number of amides is 2. The molecule has 2 aromatic carbocycles. The van der Waals surface area contributed by atoms with Crippen molar-refractivity contribution in [2.24, 2.45) is 5.73 Å². The van der Waals surface area contributed by atoms with Crippen LogP contribution in [0.4, 0.5) is 5.69 Å². The third-order valence-corrected chi connectivity index (χ3v) is 3.46. The molecule has 5 nitrogen and oxygen atoms in total. The summed E-state index contributed by atoms with van der Waals surface area (Å²) in [6.45, 7) is 3.73. The standard InChI is InChI=1S/C18H20N2O3/c1-3-13-6-4-5-7-16(13)23-12(2)18(22)20-15-10-8-14(9-11-15)17(19)21/h4-12H,3H2,1-2H3,(H2,19,21)(H,20,22)/t12-/m1/s1. The Kier molecular flexibility index (Phi) is 5.36. The molecule has 2 amide bonds. The second kappa shape index (κ2) is 7.45. The first-order valence-corrected chi connectivity index (χ1v) is 7.46. The van der Waals surface area contributed by atoms with Gasteiger partial charge in [-0.3, -0.25) is 9.59 Å². The van der Waals surface area contributed by atoms with Gasteiger partial charge in [-0.15, -0.1) is 0 Å². The summed E-state index contributed by atoms with van der Waals surface area (Å²) < 4.78 is 5.75. The number of nitrogens with two attached hydrogens (primary N) is 1. The molecule has 1 atom stereocenters. The number of hydrogen-bond acceptors (Lipinski definition) is 3. The van der Waals surface area contributed by atoms with E-state index in [0.29, 0.717) is 17.0 Å². The minimum Gasteiger partial charge on any atom is -0.481 e. The molecule has 0 saturated carbocycles. The van der Waals surface area contributed by atoms with Gasteiger partial charge in [-0.1, -0.05) is 25.1 Å². The van der Waals surface area contributed by atoms with E-state index >= 15 is 0 Å². The van der Waals surface area contributed by atoms with Crippen molar-refractivity contribution in [1.29, 1.82) is 0 Å². The van der Waals surface area contributed by atoms with Gasteiger partial charge in [-0.25, -0.2) is 0 Å². The predicted molar refractivity (Wildman–Crippen MR) is 89.5 cm³/mol. The van der Waals surface area contributed by atoms with Crippen molar-refractivity contribution < 1.29 is 14.3 Å². The van der Waals surface area contributed by atoms with E-state index < -0.39 is 12.0 Å². The molecule has 2 rings (SSSR count). The van der Waals surface area contributed by atoms with E-state index in [2.05, 4.69) is 5.32 Å². The maximum absolute atomic E-state index is 12.2. The van der Waals surface area contributed by atoms with Gasteiger partial charge in [0.1, 0.15) is 5.75 Å². The van der Waals surface area contributed by atoms with Crippen LogP contribution < -0.4 is 15.8 Å². The number of ether oxygens (including phenoxy) is 1. The Morgan fingerprint density at radius 1 is 1.13 bits per heavy atom. The third-order valence-electron chi connectivity index (χ3n) is 3.46. The van der Waals surface area contributed by atoms with E-state index in [1.807, 2.05) is 31.2 Å². The molecule has 3 N–H and O–H groups in total. The number of carbonyl (C=O) groups is 2. The molecule has 0 spiro atoms. The first-order valence-electron chi connectivity index (χ1n) is 7.46. The minimum absolute atomic E-state index is 0.261. The molecule has 0 aliphatic rings. The maximum atomic E-state index is 12.2. The molecular formula is C18H20N2O3. The summed E-state index contributed by atoms with van der Waals surface area (Å²) in [4.78, 5) is 23.2. The summed E-state index contributed by atoms with van der Waals surface area (Å²) in [5.74, 6) is -0.0554. The lowest BCUT2D eigenvalue weighted by molar-refractivity contribution is -0.122. The number of primary amides is 1. The zero-order chi connectivity index (χ0) is 16.8. The maximum Gasteiger partial charge on any atom is 0.265 e. The summed E-state index contributed by atoms with van der Waals surface area (Å²) in [6, 6.07) is 14.0. The van der Waals surface area contributed by atoms with E-state index in [1.54, 1.807) is 31.2 Å². The molecule has 23 heavy (non-hydrogen) atoms. The van der Waals surface area contributed by atoms with Crippen LogP contribution in [0.1, 0.15) is 29.8 Å². The third kappa shape index (κ3) is 4.32. The molecule has 0 bridgehead atoms. The van der Waals surface area contributed by atoms with E-state index in [9.17, 15) is 9.59 Å². The fourth-order valence-electron chi connectivity index (χ4n) is 2.12. The SMILES string of the molecule is CCc1ccccc1O[C@H](C)C(=O)Nc1ccc(C(N)=O)cc1. The second-order valence-electron chi connectivity index (χ2n) is 5.15. The number of hydrogen-bond donors (Lipinski definition) is 2. The largest absolute Gasteiger partial charge is 0.481 e. The zero-order valence-corrected chi connectivity index (χ0v) is 13.2. The van der Waals surface area contributed by atoms with Gasteiger partial charge in [0.25, 0.3) is 5.91 Å². The molecule has 120 valence electrons. The van der Waals surface area contributed by atoms with Gasteiger partial charge >= 0.3 is 0 Å². The number of para-hydroxylation sites is 1. The minimum atomic E-state index is -0.640. The van der Waals surface area contributed by atoms with Crippen molar-refractivity contribution in [2.75, 3.05) is 5.32 Å². The quantitative estimate of drug-likeness (QED) is 0.860. The van der Waals surface area contributed by atoms with E-state index in [4.69, 9.17) is 10.5 Å². The molecule has 0 aliphatic heterocycles. The Labute approximate surface area is 135 Å². The molecule has 0 aliphatic carbocycles. The number of rotatable bonds is 6. The average molecular weight is 312 g/mol. The summed E-state index contributed by atoms with van der Waals surface area (Å²) in [5.41, 5.74) is 7.21. The van der Waals surface area contributed by atoms with Crippen LogP contribution in [-0.4, -0.2) is 17.9 Å². The van der Waals surface area contributed by atoms with Crippen LogP contribution in [0.15, 0.2) is 48.5 Å². The van der Waals surface area contributed by atoms with E-state index in [-0.39, 0.29) is 5.91 Å². The molecule has 0 heterocycles. The molecule has 0 saturated heterocycles. The summed E-state index contributed by atoms with van der Waals surface area (Å²) in [5, 5.41) is 2.75. The van der Waals surface area contributed by atoms with Crippen molar-refractivity contribution in [2.45, 2.75) is 26.4 Å². The van der Waals surface area contributed by atoms with Crippen molar-refractivity contribution in [3.63, 3.8) is 0 Å². The Balaban J connectivity index is 2.01. The number of aryl methyl sites for hydroxylation is 1. The highest BCUT2D eigenvalue weighted by atomic mass is 16.5.